The number of hydrogen-bond donors (Lipinski definition) is 2. The number of H-pyrrole nitrogens is 2. The van der Waals surface area contributed by atoms with Gasteiger partial charge in [0.25, 0.3) is 0 Å². The summed E-state index contributed by atoms with van der Waals surface area (Å²) in [5, 5.41) is 0. The molecule has 0 atom stereocenters. The average Bonchev–Trinajstić information content (AvgIpc) is 4.08. The molecule has 7 aromatic rings. The molecule has 0 fully saturated rings. The van der Waals surface area contributed by atoms with Crippen molar-refractivity contribution >= 4 is 86.8 Å². The number of nitrogens with one attached hydrogen (secondary N) is 2. The summed E-state index contributed by atoms with van der Waals surface area (Å²) < 4.78 is 143. The molecule has 1 radical (unpaired) electrons. The molecule has 16 nitrogen and oxygen atoms in total. The second-order valence-electron chi connectivity index (χ2n) is 14.4. The summed E-state index contributed by atoms with van der Waals surface area (Å²) in [7, 11) is -19.2. The van der Waals surface area contributed by atoms with Crippen LogP contribution in [-0.2, 0) is 57.3 Å². The van der Waals surface area contributed by atoms with Gasteiger partial charge in [0.2, 0.25) is 0 Å². The SMILES string of the molecule is O=S(=O)([O-])c1ccc(-c2c3nc(c(-c4ccc(S(=O)(=O)[O-])cc4)c4ccc([nH]4)c(-c4ccc(S(=O)(=O)[O-])cc4)c4nc(c(-c5ccc(S(=O)(=O)[O-])cc5)c5ccc2[nH]5)C=C4)C=C3)cc1.[Co]. The fourth-order valence-corrected chi connectivity index (χ4v) is 9.45. The Morgan fingerprint density at radius 3 is 0.662 bits per heavy atom. The second-order valence-corrected chi connectivity index (χ2v) is 19.9. The number of benzene rings is 4. The standard InChI is InChI=1S/C44H30N4O12S4.Co/c49-61(50,51)29-9-1-25(2-10-29)41-33-17-19-35(45-33)42(26-3-11-30(12-4-26)62(52,53)54)37-21-23-39(47-37)44(28-7-15-32(16-8-28)64(58,59)60)40-24-22-38(48-40)43(36-20-18-34(41)46-36)27-5-13-31(14-6-27)63(55,56)57;/h1-24,45,48H,(H,49,50,51)(H,52,53,54)(H,55,56,57)(H,58,59,60);/p-4. The minimum atomic E-state index is -4.81. The molecule has 2 aliphatic heterocycles. The van der Waals surface area contributed by atoms with Gasteiger partial charge in [0, 0.05) is 61.1 Å². The first-order valence-corrected chi connectivity index (χ1v) is 24.3. The van der Waals surface area contributed by atoms with Crippen LogP contribution in [0.2, 0.25) is 0 Å². The van der Waals surface area contributed by atoms with E-state index < -0.39 is 60.1 Å². The molecule has 9 rings (SSSR count). The van der Waals surface area contributed by atoms with E-state index in [1.165, 1.54) is 97.1 Å². The summed E-state index contributed by atoms with van der Waals surface area (Å²) in [4.78, 5) is 15.0. The molecule has 0 unspecified atom stereocenters. The maximum absolute atomic E-state index is 11.9. The zero-order chi connectivity index (χ0) is 45.3. The van der Waals surface area contributed by atoms with Crippen LogP contribution in [0.1, 0.15) is 22.8 Å². The van der Waals surface area contributed by atoms with Crippen LogP contribution < -0.4 is 0 Å². The van der Waals surface area contributed by atoms with Crippen LogP contribution in [0, 0.1) is 0 Å². The van der Waals surface area contributed by atoms with E-state index in [2.05, 4.69) is 9.97 Å². The maximum Gasteiger partial charge on any atom is 0.124 e. The Bertz CT molecular complexity index is 3300. The van der Waals surface area contributed by atoms with Crippen LogP contribution in [0.15, 0.2) is 141 Å². The van der Waals surface area contributed by atoms with Crippen molar-refractivity contribution in [2.24, 2.45) is 0 Å². The molecular weight excluding hydrogens is 964 g/mol. The predicted octanol–water partition coefficient (Wildman–Crippen LogP) is 6.94. The Hall–Kier alpha value is -6.37. The van der Waals surface area contributed by atoms with Gasteiger partial charge in [-0.3, -0.25) is 0 Å². The van der Waals surface area contributed by atoms with Gasteiger partial charge < -0.3 is 28.2 Å². The molecule has 8 bridgehead atoms. The Labute approximate surface area is 381 Å². The number of rotatable bonds is 8. The molecule has 21 heteroatoms. The van der Waals surface area contributed by atoms with Crippen molar-refractivity contribution in [1.82, 2.24) is 19.9 Å². The van der Waals surface area contributed by atoms with Crippen LogP contribution in [0.3, 0.4) is 0 Å². The summed E-state index contributed by atoms with van der Waals surface area (Å²) in [6.07, 6.45) is 6.79. The van der Waals surface area contributed by atoms with E-state index in [4.69, 9.17) is 9.97 Å². The summed E-state index contributed by atoms with van der Waals surface area (Å²) in [5.41, 5.74) is 6.76. The van der Waals surface area contributed by atoms with Gasteiger partial charge in [-0.25, -0.2) is 43.6 Å². The third-order valence-corrected chi connectivity index (χ3v) is 13.9. The maximum atomic E-state index is 11.9. The largest absolute Gasteiger partial charge is 0.744 e. The van der Waals surface area contributed by atoms with Gasteiger partial charge in [-0.1, -0.05) is 48.5 Å². The quantitative estimate of drug-likeness (QED) is 0.146. The topological polar surface area (TPSA) is 286 Å². The Morgan fingerprint density at radius 1 is 0.308 bits per heavy atom. The van der Waals surface area contributed by atoms with E-state index >= 15 is 0 Å². The molecule has 2 aliphatic rings. The zero-order valence-electron chi connectivity index (χ0n) is 32.6. The van der Waals surface area contributed by atoms with Crippen molar-refractivity contribution in [1.29, 1.82) is 0 Å². The van der Waals surface area contributed by atoms with Crippen molar-refractivity contribution in [3.8, 4) is 44.5 Å². The fourth-order valence-electron chi connectivity index (χ4n) is 7.57. The third kappa shape index (κ3) is 8.89. The number of aromatic amines is 2. The molecule has 65 heavy (non-hydrogen) atoms. The molecular formula is C44H26CoN4O12S4-4. The minimum Gasteiger partial charge on any atom is -0.744 e. The van der Waals surface area contributed by atoms with Gasteiger partial charge >= 0.3 is 0 Å². The molecule has 331 valence electrons. The smallest absolute Gasteiger partial charge is 0.124 e. The molecule has 4 aromatic carbocycles. The average molecular weight is 990 g/mol. The molecule has 0 spiro atoms. The molecule has 5 heterocycles. The Kier molecular flexibility index (Phi) is 11.5. The van der Waals surface area contributed by atoms with Gasteiger partial charge in [-0.2, -0.15) is 0 Å². The van der Waals surface area contributed by atoms with Crippen molar-refractivity contribution in [3.63, 3.8) is 0 Å². The van der Waals surface area contributed by atoms with E-state index in [1.54, 1.807) is 48.6 Å². The normalized spacial score (nSPS) is 12.9. The minimum absolute atomic E-state index is 0. The Morgan fingerprint density at radius 2 is 0.492 bits per heavy atom. The zero-order valence-corrected chi connectivity index (χ0v) is 36.9. The monoisotopic (exact) mass is 989 g/mol. The Balaban J connectivity index is 0.00000576. The van der Waals surface area contributed by atoms with Crippen LogP contribution in [0.4, 0.5) is 0 Å². The van der Waals surface area contributed by atoms with Gasteiger partial charge in [-0.15, -0.1) is 0 Å². The number of hydrogen-bond acceptors (Lipinski definition) is 14. The van der Waals surface area contributed by atoms with E-state index in [-0.39, 0.29) is 16.8 Å². The number of fused-ring (bicyclic) bond motifs is 8. The van der Waals surface area contributed by atoms with Crippen LogP contribution in [-0.4, -0.2) is 71.8 Å². The van der Waals surface area contributed by atoms with Crippen LogP contribution >= 0.6 is 0 Å². The first-order valence-electron chi connectivity index (χ1n) is 18.6. The van der Waals surface area contributed by atoms with Gasteiger partial charge in [-0.05, 0) is 119 Å². The number of aromatic nitrogens is 4. The third-order valence-electron chi connectivity index (χ3n) is 10.5. The molecule has 0 saturated carbocycles. The molecule has 2 N–H and O–H groups in total. The van der Waals surface area contributed by atoms with Gasteiger partial charge in [0.1, 0.15) is 40.5 Å². The molecule has 0 amide bonds. The summed E-state index contributed by atoms with van der Waals surface area (Å²) in [6, 6.07) is 27.8. The van der Waals surface area contributed by atoms with Crippen molar-refractivity contribution in [3.05, 3.63) is 144 Å². The van der Waals surface area contributed by atoms with Crippen molar-refractivity contribution < 1.29 is 68.7 Å². The van der Waals surface area contributed by atoms with Gasteiger partial charge in [0.05, 0.1) is 42.4 Å². The van der Waals surface area contributed by atoms with E-state index in [0.29, 0.717) is 89.4 Å². The predicted molar refractivity (Wildman–Crippen MR) is 232 cm³/mol. The summed E-state index contributed by atoms with van der Waals surface area (Å²) in [5.74, 6) is 0. The molecule has 3 aromatic heterocycles. The first-order chi connectivity index (χ1) is 30.2. The van der Waals surface area contributed by atoms with Crippen molar-refractivity contribution in [2.75, 3.05) is 0 Å². The second kappa shape index (κ2) is 16.6. The van der Waals surface area contributed by atoms with Crippen molar-refractivity contribution in [2.45, 2.75) is 19.6 Å². The van der Waals surface area contributed by atoms with Crippen LogP contribution in [0.25, 0.3) is 90.9 Å². The summed E-state index contributed by atoms with van der Waals surface area (Å²) in [6.45, 7) is 0. The van der Waals surface area contributed by atoms with E-state index in [0.717, 1.165) is 0 Å². The van der Waals surface area contributed by atoms with Crippen LogP contribution in [0.5, 0.6) is 0 Å². The fraction of sp³-hybridized carbons (Fsp3) is 0. The first kappa shape index (κ1) is 45.2. The van der Waals surface area contributed by atoms with Gasteiger partial charge in [0.15, 0.2) is 0 Å². The summed E-state index contributed by atoms with van der Waals surface area (Å²) >= 11 is 0. The van der Waals surface area contributed by atoms with E-state index in [1.807, 2.05) is 0 Å². The molecule has 0 saturated heterocycles. The van der Waals surface area contributed by atoms with E-state index in [9.17, 15) is 51.9 Å². The number of nitrogens with zero attached hydrogens (tertiary/aromatic N) is 2. The molecule has 0 aliphatic carbocycles.